The summed E-state index contributed by atoms with van der Waals surface area (Å²) in [5.41, 5.74) is 7.97. The molecule has 1 aromatic heterocycles. The fraction of sp³-hybridized carbons (Fsp3) is 0.0769. The van der Waals surface area contributed by atoms with Gasteiger partial charge in [-0.25, -0.2) is 0 Å². The molecular weight excluding hydrogens is 246 g/mol. The minimum Gasteiger partial charge on any atom is -0.508 e. The Kier molecular flexibility index (Phi) is 3.43. The third kappa shape index (κ3) is 2.57. The number of nitrogens with two attached hydrogens (primary N) is 1. The molecule has 92 valence electrons. The van der Waals surface area contributed by atoms with Crippen LogP contribution in [0.15, 0.2) is 42.6 Å². The van der Waals surface area contributed by atoms with Gasteiger partial charge in [0.1, 0.15) is 10.7 Å². The summed E-state index contributed by atoms with van der Waals surface area (Å²) in [5, 5.41) is 9.25. The van der Waals surface area contributed by atoms with Crippen molar-refractivity contribution < 1.29 is 5.11 Å². The molecule has 0 radical (unpaired) electrons. The third-order valence-corrected chi connectivity index (χ3v) is 2.83. The second kappa shape index (κ2) is 5.01. The first-order valence-electron chi connectivity index (χ1n) is 5.36. The molecule has 0 bridgehead atoms. The van der Waals surface area contributed by atoms with Crippen molar-refractivity contribution in [1.29, 1.82) is 0 Å². The fourth-order valence-electron chi connectivity index (χ4n) is 1.56. The molecule has 0 amide bonds. The second-order valence-corrected chi connectivity index (χ2v) is 4.28. The zero-order valence-electron chi connectivity index (χ0n) is 9.87. The highest BCUT2D eigenvalue weighted by Gasteiger charge is 2.05. The number of rotatable bonds is 3. The Morgan fingerprint density at radius 2 is 1.78 bits per heavy atom. The van der Waals surface area contributed by atoms with Crippen molar-refractivity contribution in [3.63, 3.8) is 0 Å². The van der Waals surface area contributed by atoms with Gasteiger partial charge in [0, 0.05) is 12.7 Å². The maximum absolute atomic E-state index is 9.25. The van der Waals surface area contributed by atoms with Crippen molar-refractivity contribution in [3.05, 3.63) is 48.3 Å². The Balaban J connectivity index is 2.25. The standard InChI is InChI=1S/C13H13N3OS/c1-16(9-2-5-11(17)6-3-9)10-4-7-12(13(14)18)15-8-10/h2-8,17H,1H3,(H2,14,18). The number of benzene rings is 1. The average Bonchev–Trinajstić information content (AvgIpc) is 2.39. The highest BCUT2D eigenvalue weighted by molar-refractivity contribution is 7.80. The van der Waals surface area contributed by atoms with Gasteiger partial charge in [-0.15, -0.1) is 0 Å². The lowest BCUT2D eigenvalue weighted by atomic mass is 10.2. The lowest BCUT2D eigenvalue weighted by molar-refractivity contribution is 0.475. The Bertz CT molecular complexity index is 551. The number of anilines is 2. The van der Waals surface area contributed by atoms with Crippen molar-refractivity contribution >= 4 is 28.6 Å². The smallest absolute Gasteiger partial charge is 0.122 e. The molecule has 0 saturated carbocycles. The van der Waals surface area contributed by atoms with Gasteiger partial charge in [-0.1, -0.05) is 12.2 Å². The van der Waals surface area contributed by atoms with Crippen LogP contribution in [0.5, 0.6) is 5.75 Å². The van der Waals surface area contributed by atoms with Gasteiger partial charge in [-0.05, 0) is 36.4 Å². The highest BCUT2D eigenvalue weighted by Crippen LogP contribution is 2.24. The Labute approximate surface area is 111 Å². The van der Waals surface area contributed by atoms with E-state index >= 15 is 0 Å². The van der Waals surface area contributed by atoms with Gasteiger partial charge in [0.25, 0.3) is 0 Å². The van der Waals surface area contributed by atoms with Gasteiger partial charge in [-0.2, -0.15) is 0 Å². The molecule has 18 heavy (non-hydrogen) atoms. The normalized spacial score (nSPS) is 10.1. The molecule has 1 aromatic carbocycles. The lowest BCUT2D eigenvalue weighted by Gasteiger charge is -2.19. The summed E-state index contributed by atoms with van der Waals surface area (Å²) in [5.74, 6) is 0.245. The molecule has 2 aromatic rings. The molecule has 0 atom stereocenters. The summed E-state index contributed by atoms with van der Waals surface area (Å²) in [4.78, 5) is 6.43. The molecule has 5 heteroatoms. The van der Waals surface area contributed by atoms with Crippen molar-refractivity contribution in [2.24, 2.45) is 5.73 Å². The van der Waals surface area contributed by atoms with Crippen LogP contribution in [0.25, 0.3) is 0 Å². The van der Waals surface area contributed by atoms with E-state index in [1.807, 2.05) is 30.1 Å². The van der Waals surface area contributed by atoms with Crippen LogP contribution in [0.4, 0.5) is 11.4 Å². The highest BCUT2D eigenvalue weighted by atomic mass is 32.1. The van der Waals surface area contributed by atoms with Gasteiger partial charge in [-0.3, -0.25) is 4.98 Å². The second-order valence-electron chi connectivity index (χ2n) is 3.84. The predicted octanol–water partition coefficient (Wildman–Crippen LogP) is 2.19. The average molecular weight is 259 g/mol. The molecule has 0 aliphatic carbocycles. The van der Waals surface area contributed by atoms with Gasteiger partial charge >= 0.3 is 0 Å². The molecule has 0 fully saturated rings. The number of aromatic hydroxyl groups is 1. The van der Waals surface area contributed by atoms with E-state index in [4.69, 9.17) is 18.0 Å². The van der Waals surface area contributed by atoms with Crippen LogP contribution in [0.1, 0.15) is 5.69 Å². The third-order valence-electron chi connectivity index (χ3n) is 2.62. The Morgan fingerprint density at radius 3 is 2.28 bits per heavy atom. The fourth-order valence-corrected chi connectivity index (χ4v) is 1.68. The summed E-state index contributed by atoms with van der Waals surface area (Å²) in [6.45, 7) is 0. The number of pyridine rings is 1. The van der Waals surface area contributed by atoms with E-state index < -0.39 is 0 Å². The Hall–Kier alpha value is -2.14. The van der Waals surface area contributed by atoms with Gasteiger partial charge in [0.2, 0.25) is 0 Å². The largest absolute Gasteiger partial charge is 0.508 e. The van der Waals surface area contributed by atoms with E-state index in [1.165, 1.54) is 0 Å². The summed E-state index contributed by atoms with van der Waals surface area (Å²) >= 11 is 4.85. The molecule has 0 aliphatic rings. The van der Waals surface area contributed by atoms with Crippen LogP contribution < -0.4 is 10.6 Å². The molecule has 3 N–H and O–H groups in total. The lowest BCUT2D eigenvalue weighted by Crippen LogP contribution is -2.13. The maximum atomic E-state index is 9.25. The predicted molar refractivity (Wildman–Crippen MR) is 76.3 cm³/mol. The quantitative estimate of drug-likeness (QED) is 0.827. The number of hydrogen-bond acceptors (Lipinski definition) is 4. The molecule has 0 spiro atoms. The molecule has 0 aliphatic heterocycles. The van der Waals surface area contributed by atoms with Gasteiger partial charge < -0.3 is 15.7 Å². The monoisotopic (exact) mass is 259 g/mol. The van der Waals surface area contributed by atoms with Crippen LogP contribution in [0, 0.1) is 0 Å². The van der Waals surface area contributed by atoms with E-state index in [2.05, 4.69) is 4.98 Å². The maximum Gasteiger partial charge on any atom is 0.122 e. The molecule has 0 unspecified atom stereocenters. The number of nitrogens with zero attached hydrogens (tertiary/aromatic N) is 2. The van der Waals surface area contributed by atoms with Gasteiger partial charge in [0.15, 0.2) is 0 Å². The van der Waals surface area contributed by atoms with E-state index in [0.717, 1.165) is 11.4 Å². The summed E-state index contributed by atoms with van der Waals surface area (Å²) in [6, 6.07) is 10.6. The minimum atomic E-state index is 0.245. The van der Waals surface area contributed by atoms with Crippen LogP contribution in [-0.4, -0.2) is 22.1 Å². The molecule has 2 rings (SSSR count). The minimum absolute atomic E-state index is 0.245. The molecular formula is C13H13N3OS. The number of aromatic nitrogens is 1. The first-order chi connectivity index (χ1) is 8.58. The number of thiocarbonyl (C=S) groups is 1. The summed E-state index contributed by atoms with van der Waals surface area (Å²) in [7, 11) is 1.92. The van der Waals surface area contributed by atoms with Crippen LogP contribution >= 0.6 is 12.2 Å². The van der Waals surface area contributed by atoms with Gasteiger partial charge in [0.05, 0.1) is 17.6 Å². The van der Waals surface area contributed by atoms with Crippen molar-refractivity contribution in [3.8, 4) is 5.75 Å². The molecule has 4 nitrogen and oxygen atoms in total. The van der Waals surface area contributed by atoms with Crippen molar-refractivity contribution in [1.82, 2.24) is 4.98 Å². The number of hydrogen-bond donors (Lipinski definition) is 2. The zero-order chi connectivity index (χ0) is 13.1. The Morgan fingerprint density at radius 1 is 1.17 bits per heavy atom. The van der Waals surface area contributed by atoms with Crippen LogP contribution in [0.2, 0.25) is 0 Å². The topological polar surface area (TPSA) is 62.4 Å². The van der Waals surface area contributed by atoms with Crippen molar-refractivity contribution in [2.75, 3.05) is 11.9 Å². The summed E-state index contributed by atoms with van der Waals surface area (Å²) in [6.07, 6.45) is 1.71. The van der Waals surface area contributed by atoms with E-state index in [9.17, 15) is 5.11 Å². The first-order valence-corrected chi connectivity index (χ1v) is 5.77. The molecule has 0 saturated heterocycles. The van der Waals surface area contributed by atoms with E-state index in [1.54, 1.807) is 24.4 Å². The van der Waals surface area contributed by atoms with Crippen molar-refractivity contribution in [2.45, 2.75) is 0 Å². The number of phenolic OH excluding ortho intramolecular Hbond substituents is 1. The summed E-state index contributed by atoms with van der Waals surface area (Å²) < 4.78 is 0. The van der Waals surface area contributed by atoms with E-state index in [0.29, 0.717) is 5.69 Å². The van der Waals surface area contributed by atoms with E-state index in [-0.39, 0.29) is 10.7 Å². The van der Waals surface area contributed by atoms with Crippen LogP contribution in [0.3, 0.4) is 0 Å². The zero-order valence-corrected chi connectivity index (χ0v) is 10.7. The first kappa shape index (κ1) is 12.3. The van der Waals surface area contributed by atoms with Crippen LogP contribution in [-0.2, 0) is 0 Å². The molecule has 1 heterocycles. The SMILES string of the molecule is CN(c1ccc(O)cc1)c1ccc(C(N)=S)nc1. The number of phenols is 1.